The molecule has 9 nitrogen and oxygen atoms in total. The maximum Gasteiger partial charge on any atom is 0.292 e. The van der Waals surface area contributed by atoms with Crippen molar-refractivity contribution >= 4 is 40.7 Å². The third-order valence-corrected chi connectivity index (χ3v) is 4.83. The number of hydrogen-bond acceptors (Lipinski definition) is 7. The number of nitro groups is 1. The van der Waals surface area contributed by atoms with Gasteiger partial charge in [-0.3, -0.25) is 19.3 Å². The number of halogens is 1. The Morgan fingerprint density at radius 3 is 2.41 bits per heavy atom. The number of benzene rings is 1. The number of primary amides is 1. The van der Waals surface area contributed by atoms with Crippen molar-refractivity contribution in [2.45, 2.75) is 13.3 Å². The molecule has 0 aliphatic rings. The largest absolute Gasteiger partial charge is 0.492 e. The fraction of sp³-hybridized carbons (Fsp3) is 0.500. The van der Waals surface area contributed by atoms with Crippen molar-refractivity contribution in [2.24, 2.45) is 10.1 Å². The number of nitrogens with zero attached hydrogens (tertiary/aromatic N) is 2. The van der Waals surface area contributed by atoms with Crippen LogP contribution in [0.2, 0.25) is 5.02 Å². The van der Waals surface area contributed by atoms with Gasteiger partial charge in [0.05, 0.1) is 11.5 Å². The highest BCUT2D eigenvalue weighted by Crippen LogP contribution is 2.35. The summed E-state index contributed by atoms with van der Waals surface area (Å²) in [5.41, 5.74) is 4.73. The van der Waals surface area contributed by atoms with Gasteiger partial charge in [0.15, 0.2) is 5.02 Å². The van der Waals surface area contributed by atoms with Gasteiger partial charge in [-0.15, -0.1) is 10.7 Å². The Kier molecular flexibility index (Phi) is 16.3. The molecule has 0 bridgehead atoms. The number of nitro benzene ring substituents is 1. The first kappa shape index (κ1) is 27.2. The van der Waals surface area contributed by atoms with Crippen LogP contribution in [-0.4, -0.2) is 57.0 Å². The van der Waals surface area contributed by atoms with Crippen LogP contribution in [0.4, 0.5) is 5.69 Å². The second kappa shape index (κ2) is 16.2. The zero-order chi connectivity index (χ0) is 21.4. The summed E-state index contributed by atoms with van der Waals surface area (Å²) in [4.78, 5) is 29.4. The Hall–Kier alpha value is -2.04. The highest BCUT2D eigenvalue weighted by Gasteiger charge is 2.21. The molecule has 1 amide bonds. The van der Waals surface area contributed by atoms with Crippen molar-refractivity contribution in [3.63, 3.8) is 0 Å². The zero-order valence-electron chi connectivity index (χ0n) is 15.9. The van der Waals surface area contributed by atoms with Gasteiger partial charge < -0.3 is 20.0 Å². The fourth-order valence-electron chi connectivity index (χ4n) is 1.50. The lowest BCUT2D eigenvalue weighted by atomic mass is 10.2. The van der Waals surface area contributed by atoms with E-state index < -0.39 is 16.5 Å². The predicted molar refractivity (Wildman–Crippen MR) is 108 cm³/mol. The van der Waals surface area contributed by atoms with Crippen LogP contribution in [0.5, 0.6) is 5.75 Å². The summed E-state index contributed by atoms with van der Waals surface area (Å²) in [5, 5.41) is 10.8. The molecule has 0 aliphatic carbocycles. The molecule has 1 unspecified atom stereocenters. The lowest BCUT2D eigenvalue weighted by Crippen LogP contribution is -2.12. The van der Waals surface area contributed by atoms with Gasteiger partial charge in [0.25, 0.3) is 5.69 Å². The topological polar surface area (TPSA) is 134 Å². The Morgan fingerprint density at radius 1 is 1.44 bits per heavy atom. The molecule has 0 fully saturated rings. The molecule has 1 aromatic rings. The maximum atomic E-state index is 11.2. The molecular weight excluding hydrogens is 398 g/mol. The molecular formula is C16H26ClN3O6S. The van der Waals surface area contributed by atoms with Crippen LogP contribution in [0.25, 0.3) is 0 Å². The van der Waals surface area contributed by atoms with Crippen molar-refractivity contribution in [3.8, 4) is 5.75 Å². The predicted octanol–water partition coefficient (Wildman–Crippen LogP) is 2.65. The molecule has 11 heteroatoms. The van der Waals surface area contributed by atoms with E-state index >= 15 is 0 Å². The zero-order valence-corrected chi connectivity index (χ0v) is 17.5. The van der Waals surface area contributed by atoms with Gasteiger partial charge in [-0.2, -0.15) is 0 Å². The van der Waals surface area contributed by atoms with Crippen LogP contribution < -0.4 is 10.5 Å². The van der Waals surface area contributed by atoms with E-state index in [-0.39, 0.29) is 27.0 Å². The summed E-state index contributed by atoms with van der Waals surface area (Å²) in [6.45, 7) is 5.10. The second-order valence-electron chi connectivity index (χ2n) is 4.70. The molecule has 0 heterocycles. The van der Waals surface area contributed by atoms with Gasteiger partial charge in [-0.25, -0.2) is 0 Å². The van der Waals surface area contributed by atoms with Crippen molar-refractivity contribution in [1.82, 2.24) is 0 Å². The molecule has 154 valence electrons. The van der Waals surface area contributed by atoms with E-state index in [2.05, 4.69) is 9.10 Å². The molecule has 1 aromatic carbocycles. The van der Waals surface area contributed by atoms with Gasteiger partial charge in [-0.05, 0) is 25.7 Å². The van der Waals surface area contributed by atoms with E-state index in [9.17, 15) is 14.9 Å². The number of amides is 1. The Bertz CT molecular complexity index is 641. The van der Waals surface area contributed by atoms with Crippen LogP contribution >= 0.6 is 11.6 Å². The average Bonchev–Trinajstić information content (AvgIpc) is 2.67. The summed E-state index contributed by atoms with van der Waals surface area (Å²) in [6.07, 6.45) is 2.73. The first-order valence-electron chi connectivity index (χ1n) is 7.69. The van der Waals surface area contributed by atoms with E-state index in [0.29, 0.717) is 6.61 Å². The number of ether oxygens (including phenoxy) is 2. The van der Waals surface area contributed by atoms with Crippen LogP contribution in [0.1, 0.15) is 23.7 Å². The molecule has 0 aliphatic heterocycles. The molecule has 1 atom stereocenters. The lowest BCUT2D eigenvalue weighted by Gasteiger charge is -2.09. The molecule has 2 N–H and O–H groups in total. The van der Waals surface area contributed by atoms with Crippen LogP contribution in [0.3, 0.4) is 0 Å². The standard InChI is InChI=1S/C12H16ClN3O4S.C3H8O.CH2O/c1-15-21(2)5-3-4-20-10-7-8(12(14)17)6-9(11(10)13)16(18)19;1-3-4-2;1-2/h6-7H,3-5H2,1-2H3,(H2,14,17);3H2,1-2H3;1H2. The monoisotopic (exact) mass is 423 g/mol. The smallest absolute Gasteiger partial charge is 0.292 e. The van der Waals surface area contributed by atoms with E-state index in [1.165, 1.54) is 6.07 Å². The first-order valence-corrected chi connectivity index (χ1v) is 9.82. The summed E-state index contributed by atoms with van der Waals surface area (Å²) < 4.78 is 14.1. The number of rotatable bonds is 8. The number of nitrogens with two attached hydrogens (primary N) is 1. The molecule has 0 saturated carbocycles. The normalized spacial score (nSPS) is 10.7. The third kappa shape index (κ3) is 11.3. The number of carbonyl (C=O) groups excluding carboxylic acids is 2. The van der Waals surface area contributed by atoms with Crippen molar-refractivity contribution in [2.75, 3.05) is 39.4 Å². The number of methoxy groups -OCH3 is 1. The molecule has 0 aromatic heterocycles. The van der Waals surface area contributed by atoms with Gasteiger partial charge in [0.2, 0.25) is 5.91 Å². The van der Waals surface area contributed by atoms with Crippen molar-refractivity contribution in [1.29, 1.82) is 0 Å². The summed E-state index contributed by atoms with van der Waals surface area (Å²) in [5.74, 6) is 0.162. The van der Waals surface area contributed by atoms with Crippen LogP contribution in [0.15, 0.2) is 16.5 Å². The molecule has 1 rings (SSSR count). The van der Waals surface area contributed by atoms with Gasteiger partial charge >= 0.3 is 0 Å². The Morgan fingerprint density at radius 2 is 2.00 bits per heavy atom. The van der Waals surface area contributed by atoms with E-state index in [4.69, 9.17) is 26.9 Å². The number of hydrogen-bond donors (Lipinski definition) is 1. The van der Waals surface area contributed by atoms with Crippen molar-refractivity contribution < 1.29 is 24.0 Å². The van der Waals surface area contributed by atoms with E-state index in [1.54, 1.807) is 14.2 Å². The second-order valence-corrected chi connectivity index (χ2v) is 7.05. The van der Waals surface area contributed by atoms with Gasteiger partial charge in [0.1, 0.15) is 12.5 Å². The first-order chi connectivity index (χ1) is 12.8. The Balaban J connectivity index is 0. The van der Waals surface area contributed by atoms with Crippen molar-refractivity contribution in [3.05, 3.63) is 32.8 Å². The SMILES string of the molecule is C=O.CCOC.CN=S(C)CCCOc1cc(C(N)=O)cc([N+](=O)[O-])c1Cl. The molecule has 0 saturated heterocycles. The van der Waals surface area contributed by atoms with Crippen LogP contribution in [-0.2, 0) is 20.2 Å². The fourth-order valence-corrected chi connectivity index (χ4v) is 2.46. The van der Waals surface area contributed by atoms with Crippen LogP contribution in [0, 0.1) is 10.1 Å². The summed E-state index contributed by atoms with van der Waals surface area (Å²) in [6, 6.07) is 2.35. The summed E-state index contributed by atoms with van der Waals surface area (Å²) >= 11 is 5.91. The minimum absolute atomic E-state index is 0.0140. The minimum Gasteiger partial charge on any atom is -0.492 e. The molecule has 27 heavy (non-hydrogen) atoms. The Labute approximate surface area is 166 Å². The van der Waals surface area contributed by atoms with Gasteiger partial charge in [0, 0.05) is 38.1 Å². The molecule has 0 spiro atoms. The minimum atomic E-state index is -0.778. The third-order valence-electron chi connectivity index (χ3n) is 2.94. The highest BCUT2D eigenvalue weighted by molar-refractivity contribution is 7.86. The summed E-state index contributed by atoms with van der Waals surface area (Å²) in [7, 11) is 3.40. The highest BCUT2D eigenvalue weighted by atomic mass is 35.5. The average molecular weight is 424 g/mol. The van der Waals surface area contributed by atoms with E-state index in [0.717, 1.165) is 24.8 Å². The van der Waals surface area contributed by atoms with E-state index in [1.807, 2.05) is 20.0 Å². The quantitative estimate of drug-likeness (QED) is 0.388. The lowest BCUT2D eigenvalue weighted by molar-refractivity contribution is -0.384. The number of carbonyl (C=O) groups is 2. The molecule has 0 radical (unpaired) electrons. The maximum absolute atomic E-state index is 11.2. The van der Waals surface area contributed by atoms with Gasteiger partial charge in [-0.1, -0.05) is 11.6 Å².